The van der Waals surface area contributed by atoms with E-state index < -0.39 is 21.4 Å². The molecular weight excluding hydrogens is 230 g/mol. The summed E-state index contributed by atoms with van der Waals surface area (Å²) in [4.78, 5) is 12.7. The van der Waals surface area contributed by atoms with Crippen LogP contribution in [0.25, 0.3) is 0 Å². The monoisotopic (exact) mass is 241 g/mol. The van der Waals surface area contributed by atoms with Gasteiger partial charge in [0.15, 0.2) is 5.37 Å². The van der Waals surface area contributed by atoms with E-state index in [9.17, 15) is 13.2 Å². The van der Waals surface area contributed by atoms with Crippen molar-refractivity contribution < 1.29 is 13.2 Å². The SMILES string of the molecule is NS(=O)(=O)C1CNC(=O)N1c1ccccc1. The van der Waals surface area contributed by atoms with E-state index >= 15 is 0 Å². The Labute approximate surface area is 93.1 Å². The maximum absolute atomic E-state index is 11.5. The second-order valence-electron chi connectivity index (χ2n) is 3.44. The van der Waals surface area contributed by atoms with Crippen LogP contribution in [0.15, 0.2) is 30.3 Å². The molecule has 7 heteroatoms. The van der Waals surface area contributed by atoms with Crippen molar-refractivity contribution in [3.05, 3.63) is 30.3 Å². The summed E-state index contributed by atoms with van der Waals surface area (Å²) >= 11 is 0. The fourth-order valence-electron chi connectivity index (χ4n) is 1.62. The third-order valence-electron chi connectivity index (χ3n) is 2.35. The molecule has 86 valence electrons. The van der Waals surface area contributed by atoms with Crippen LogP contribution in [0.4, 0.5) is 10.5 Å². The number of carbonyl (C=O) groups excluding carboxylic acids is 1. The number of carbonyl (C=O) groups is 1. The number of rotatable bonds is 2. The molecule has 1 heterocycles. The van der Waals surface area contributed by atoms with Crippen LogP contribution in [0.5, 0.6) is 0 Å². The lowest BCUT2D eigenvalue weighted by molar-refractivity contribution is 0.252. The van der Waals surface area contributed by atoms with Gasteiger partial charge in [0.05, 0.1) is 6.54 Å². The number of hydrogen-bond donors (Lipinski definition) is 2. The second kappa shape index (κ2) is 3.76. The van der Waals surface area contributed by atoms with Gasteiger partial charge in [0.1, 0.15) is 0 Å². The zero-order chi connectivity index (χ0) is 11.8. The number of nitrogens with two attached hydrogens (primary N) is 1. The summed E-state index contributed by atoms with van der Waals surface area (Å²) in [5, 5.41) is 6.48. The Kier molecular flexibility index (Phi) is 2.56. The van der Waals surface area contributed by atoms with Crippen LogP contribution in [-0.4, -0.2) is 26.4 Å². The van der Waals surface area contributed by atoms with Crippen LogP contribution in [0.1, 0.15) is 0 Å². The summed E-state index contributed by atoms with van der Waals surface area (Å²) in [7, 11) is -3.79. The largest absolute Gasteiger partial charge is 0.334 e. The molecule has 0 spiro atoms. The van der Waals surface area contributed by atoms with Gasteiger partial charge in [0.2, 0.25) is 10.0 Å². The molecule has 1 aromatic rings. The van der Waals surface area contributed by atoms with E-state index in [0.29, 0.717) is 5.69 Å². The van der Waals surface area contributed by atoms with Gasteiger partial charge >= 0.3 is 6.03 Å². The van der Waals surface area contributed by atoms with Gasteiger partial charge in [-0.05, 0) is 12.1 Å². The Morgan fingerprint density at radius 2 is 1.94 bits per heavy atom. The summed E-state index contributed by atoms with van der Waals surface area (Å²) in [6, 6.07) is 8.09. The lowest BCUT2D eigenvalue weighted by Gasteiger charge is -2.20. The van der Waals surface area contributed by atoms with Gasteiger partial charge in [-0.15, -0.1) is 0 Å². The van der Waals surface area contributed by atoms with E-state index in [2.05, 4.69) is 5.32 Å². The first-order valence-corrected chi connectivity index (χ1v) is 6.25. The molecule has 1 unspecified atom stereocenters. The molecule has 2 amide bonds. The van der Waals surface area contributed by atoms with E-state index in [1.165, 1.54) is 0 Å². The number of amides is 2. The third-order valence-corrected chi connectivity index (χ3v) is 3.48. The third kappa shape index (κ3) is 1.86. The lowest BCUT2D eigenvalue weighted by atomic mass is 10.3. The molecular formula is C9H11N3O3S. The Morgan fingerprint density at radius 1 is 1.31 bits per heavy atom. The second-order valence-corrected chi connectivity index (χ2v) is 5.16. The molecule has 1 atom stereocenters. The number of urea groups is 1. The number of nitrogens with one attached hydrogen (secondary N) is 1. The molecule has 1 aromatic carbocycles. The molecule has 1 aliphatic rings. The first-order chi connectivity index (χ1) is 7.50. The highest BCUT2D eigenvalue weighted by Crippen LogP contribution is 2.21. The molecule has 0 radical (unpaired) electrons. The topological polar surface area (TPSA) is 92.5 Å². The van der Waals surface area contributed by atoms with E-state index in [-0.39, 0.29) is 6.54 Å². The van der Waals surface area contributed by atoms with Crippen molar-refractivity contribution in [1.29, 1.82) is 0 Å². The van der Waals surface area contributed by atoms with Crippen LogP contribution >= 0.6 is 0 Å². The van der Waals surface area contributed by atoms with Gasteiger partial charge in [-0.3, -0.25) is 4.90 Å². The standard InChI is InChI=1S/C9H11N3O3S/c10-16(14,15)8-6-11-9(13)12(8)7-4-2-1-3-5-7/h1-5,8H,6H2,(H,11,13)(H2,10,14,15). The van der Waals surface area contributed by atoms with Gasteiger partial charge in [0, 0.05) is 5.69 Å². The normalized spacial score (nSPS) is 20.9. The summed E-state index contributed by atoms with van der Waals surface area (Å²) < 4.78 is 22.6. The highest BCUT2D eigenvalue weighted by atomic mass is 32.2. The van der Waals surface area contributed by atoms with Gasteiger partial charge in [-0.1, -0.05) is 18.2 Å². The number of sulfonamides is 1. The Balaban J connectivity index is 2.42. The zero-order valence-electron chi connectivity index (χ0n) is 8.33. The van der Waals surface area contributed by atoms with Gasteiger partial charge in [-0.2, -0.15) is 0 Å². The minimum atomic E-state index is -3.79. The Bertz CT molecular complexity index is 500. The van der Waals surface area contributed by atoms with Gasteiger partial charge < -0.3 is 5.32 Å². The van der Waals surface area contributed by atoms with Crippen molar-refractivity contribution in [2.24, 2.45) is 5.14 Å². The van der Waals surface area contributed by atoms with Crippen molar-refractivity contribution in [2.75, 3.05) is 11.4 Å². The van der Waals surface area contributed by atoms with Crippen molar-refractivity contribution >= 4 is 21.7 Å². The molecule has 1 saturated heterocycles. The van der Waals surface area contributed by atoms with Crippen LogP contribution in [0.2, 0.25) is 0 Å². The molecule has 0 aromatic heterocycles. The smallest absolute Gasteiger partial charge is 0.323 e. The highest BCUT2D eigenvalue weighted by molar-refractivity contribution is 7.90. The molecule has 16 heavy (non-hydrogen) atoms. The molecule has 6 nitrogen and oxygen atoms in total. The van der Waals surface area contributed by atoms with Crippen molar-refractivity contribution in [3.63, 3.8) is 0 Å². The zero-order valence-corrected chi connectivity index (χ0v) is 9.15. The number of nitrogens with zero attached hydrogens (tertiary/aromatic N) is 1. The van der Waals surface area contributed by atoms with Crippen LogP contribution in [0, 0.1) is 0 Å². The van der Waals surface area contributed by atoms with E-state index in [0.717, 1.165) is 4.90 Å². The quantitative estimate of drug-likeness (QED) is 0.753. The number of primary sulfonamides is 1. The molecule has 0 saturated carbocycles. The van der Waals surface area contributed by atoms with Gasteiger partial charge in [-0.25, -0.2) is 18.4 Å². The maximum Gasteiger partial charge on any atom is 0.323 e. The van der Waals surface area contributed by atoms with Crippen LogP contribution in [0.3, 0.4) is 0 Å². The van der Waals surface area contributed by atoms with E-state index in [1.807, 2.05) is 0 Å². The average molecular weight is 241 g/mol. The van der Waals surface area contributed by atoms with Crippen molar-refractivity contribution in [3.8, 4) is 0 Å². The number of para-hydroxylation sites is 1. The number of anilines is 1. The maximum atomic E-state index is 11.5. The summed E-state index contributed by atoms with van der Waals surface area (Å²) in [6.45, 7) is 0.00651. The minimum absolute atomic E-state index is 0.00651. The molecule has 0 aliphatic carbocycles. The molecule has 0 bridgehead atoms. The first kappa shape index (κ1) is 10.9. The fourth-order valence-corrected chi connectivity index (χ4v) is 2.44. The van der Waals surface area contributed by atoms with Crippen molar-refractivity contribution in [2.45, 2.75) is 5.37 Å². The molecule has 2 rings (SSSR count). The predicted molar refractivity (Wildman–Crippen MR) is 59.2 cm³/mol. The average Bonchev–Trinajstić information content (AvgIpc) is 2.61. The Hall–Kier alpha value is -1.60. The van der Waals surface area contributed by atoms with Crippen molar-refractivity contribution in [1.82, 2.24) is 5.32 Å². The molecule has 1 aliphatic heterocycles. The molecule has 3 N–H and O–H groups in total. The summed E-state index contributed by atoms with van der Waals surface area (Å²) in [5.41, 5.74) is 0.511. The highest BCUT2D eigenvalue weighted by Gasteiger charge is 2.39. The first-order valence-electron chi connectivity index (χ1n) is 4.64. The minimum Gasteiger partial charge on any atom is -0.334 e. The van der Waals surface area contributed by atoms with Gasteiger partial charge in [0.25, 0.3) is 0 Å². The summed E-state index contributed by atoms with van der Waals surface area (Å²) in [6.07, 6.45) is 0. The number of hydrogen-bond acceptors (Lipinski definition) is 3. The number of benzene rings is 1. The fraction of sp³-hybridized carbons (Fsp3) is 0.222. The predicted octanol–water partition coefficient (Wildman–Crippen LogP) is -0.169. The van der Waals surface area contributed by atoms with E-state index in [1.54, 1.807) is 30.3 Å². The van der Waals surface area contributed by atoms with Crippen LogP contribution in [-0.2, 0) is 10.0 Å². The van der Waals surface area contributed by atoms with Crippen LogP contribution < -0.4 is 15.4 Å². The van der Waals surface area contributed by atoms with E-state index in [4.69, 9.17) is 5.14 Å². The lowest BCUT2D eigenvalue weighted by Crippen LogP contribution is -2.43. The Morgan fingerprint density at radius 3 is 2.50 bits per heavy atom. The molecule has 1 fully saturated rings. The summed E-state index contributed by atoms with van der Waals surface area (Å²) in [5.74, 6) is 0.